The van der Waals surface area contributed by atoms with E-state index >= 15 is 0 Å². The van der Waals surface area contributed by atoms with E-state index in [1.54, 1.807) is 7.11 Å². The molecule has 1 fully saturated rings. The Hall–Kier alpha value is -2.48. The van der Waals surface area contributed by atoms with Crippen LogP contribution in [0.1, 0.15) is 30.3 Å². The molecule has 0 radical (unpaired) electrons. The monoisotopic (exact) mass is 327 g/mol. The maximum atomic E-state index is 5.21. The fourth-order valence-electron chi connectivity index (χ4n) is 3.28. The summed E-state index contributed by atoms with van der Waals surface area (Å²) in [7, 11) is 3.62. The lowest BCUT2D eigenvalue weighted by molar-refractivity contribution is 0.199. The van der Waals surface area contributed by atoms with E-state index < -0.39 is 0 Å². The molecule has 24 heavy (non-hydrogen) atoms. The maximum Gasteiger partial charge on any atom is 0.231 e. The molecule has 0 amide bonds. The number of rotatable bonds is 4. The van der Waals surface area contributed by atoms with Gasteiger partial charge in [0, 0.05) is 31.8 Å². The minimum atomic E-state index is 0.375. The molecule has 1 saturated heterocycles. The van der Waals surface area contributed by atoms with Crippen molar-refractivity contribution in [3.8, 4) is 5.88 Å². The van der Waals surface area contributed by atoms with Gasteiger partial charge in [-0.2, -0.15) is 4.52 Å². The molecule has 0 aromatic carbocycles. The first-order valence-electron chi connectivity index (χ1n) is 8.18. The lowest BCUT2D eigenvalue weighted by Crippen LogP contribution is -2.33. The number of ether oxygens (including phenoxy) is 1. The third-order valence-corrected chi connectivity index (χ3v) is 4.57. The molecule has 0 spiro atoms. The SMILES string of the molecule is COc1ccc2nnc(C3CCN(Cc4cn(C)cn4)CC3)n2n1. The van der Waals surface area contributed by atoms with Crippen molar-refractivity contribution in [2.75, 3.05) is 20.2 Å². The molecule has 8 heteroatoms. The van der Waals surface area contributed by atoms with Crippen molar-refractivity contribution in [1.82, 2.24) is 34.3 Å². The zero-order valence-corrected chi connectivity index (χ0v) is 14.0. The Bertz CT molecular complexity index is 832. The topological polar surface area (TPSA) is 73.4 Å². The molecule has 1 aliphatic rings. The molecule has 8 nitrogen and oxygen atoms in total. The van der Waals surface area contributed by atoms with Crippen molar-refractivity contribution in [2.45, 2.75) is 25.3 Å². The lowest BCUT2D eigenvalue weighted by atomic mass is 9.96. The minimum Gasteiger partial charge on any atom is -0.480 e. The standard InChI is InChI=1S/C16H21N7O/c1-21-9-13(17-11-21)10-22-7-5-12(6-8-22)16-19-18-14-3-4-15(24-2)20-23(14)16/h3-4,9,11-12H,5-8,10H2,1-2H3. The highest BCUT2D eigenvalue weighted by Gasteiger charge is 2.25. The van der Waals surface area contributed by atoms with Crippen LogP contribution in [0.25, 0.3) is 5.65 Å². The summed E-state index contributed by atoms with van der Waals surface area (Å²) in [5, 5.41) is 13.1. The normalized spacial score (nSPS) is 16.8. The highest BCUT2D eigenvalue weighted by molar-refractivity contribution is 5.38. The van der Waals surface area contributed by atoms with E-state index in [4.69, 9.17) is 4.74 Å². The van der Waals surface area contributed by atoms with Crippen LogP contribution in [0.2, 0.25) is 0 Å². The van der Waals surface area contributed by atoms with E-state index in [1.165, 1.54) is 0 Å². The maximum absolute atomic E-state index is 5.21. The zero-order chi connectivity index (χ0) is 16.5. The summed E-state index contributed by atoms with van der Waals surface area (Å²) in [5.74, 6) is 1.89. The van der Waals surface area contributed by atoms with Crippen molar-refractivity contribution < 1.29 is 4.74 Å². The number of hydrogen-bond acceptors (Lipinski definition) is 6. The molecule has 4 heterocycles. The Morgan fingerprint density at radius 1 is 1.21 bits per heavy atom. The van der Waals surface area contributed by atoms with E-state index in [1.807, 2.05) is 34.6 Å². The van der Waals surface area contributed by atoms with E-state index in [0.717, 1.165) is 49.6 Å². The largest absolute Gasteiger partial charge is 0.480 e. The van der Waals surface area contributed by atoms with Gasteiger partial charge in [0.25, 0.3) is 0 Å². The van der Waals surface area contributed by atoms with Crippen LogP contribution in [0.4, 0.5) is 0 Å². The number of aryl methyl sites for hydroxylation is 1. The molecule has 4 rings (SSSR count). The van der Waals surface area contributed by atoms with Gasteiger partial charge >= 0.3 is 0 Å². The van der Waals surface area contributed by atoms with Gasteiger partial charge < -0.3 is 9.30 Å². The van der Waals surface area contributed by atoms with Gasteiger partial charge in [0.05, 0.1) is 19.1 Å². The first-order chi connectivity index (χ1) is 11.7. The van der Waals surface area contributed by atoms with E-state index in [0.29, 0.717) is 11.8 Å². The smallest absolute Gasteiger partial charge is 0.231 e. The van der Waals surface area contributed by atoms with Crippen LogP contribution in [-0.4, -0.2) is 54.5 Å². The molecule has 0 saturated carbocycles. The molecule has 0 unspecified atom stereocenters. The lowest BCUT2D eigenvalue weighted by Gasteiger charge is -2.30. The Labute approximate surface area is 140 Å². The molecular weight excluding hydrogens is 306 g/mol. The molecule has 3 aromatic heterocycles. The Balaban J connectivity index is 1.45. The Morgan fingerprint density at radius 2 is 2.04 bits per heavy atom. The Morgan fingerprint density at radius 3 is 2.75 bits per heavy atom. The summed E-state index contributed by atoms with van der Waals surface area (Å²) < 4.78 is 9.02. The predicted molar refractivity (Wildman–Crippen MR) is 87.8 cm³/mol. The summed E-state index contributed by atoms with van der Waals surface area (Å²) in [6.07, 6.45) is 6.02. The van der Waals surface area contributed by atoms with Gasteiger partial charge in [-0.1, -0.05) is 0 Å². The van der Waals surface area contributed by atoms with Gasteiger partial charge in [0.2, 0.25) is 5.88 Å². The van der Waals surface area contributed by atoms with Crippen LogP contribution >= 0.6 is 0 Å². The molecular formula is C16H21N7O. The van der Waals surface area contributed by atoms with Crippen molar-refractivity contribution >= 4 is 5.65 Å². The third kappa shape index (κ3) is 2.84. The number of fused-ring (bicyclic) bond motifs is 1. The highest BCUT2D eigenvalue weighted by Crippen LogP contribution is 2.27. The van der Waals surface area contributed by atoms with Crippen molar-refractivity contribution in [2.24, 2.45) is 7.05 Å². The van der Waals surface area contributed by atoms with Gasteiger partial charge in [-0.3, -0.25) is 4.90 Å². The number of nitrogens with zero attached hydrogens (tertiary/aromatic N) is 7. The van der Waals surface area contributed by atoms with Crippen LogP contribution in [0.5, 0.6) is 5.88 Å². The van der Waals surface area contributed by atoms with Gasteiger partial charge in [0.15, 0.2) is 11.5 Å². The third-order valence-electron chi connectivity index (χ3n) is 4.57. The molecule has 1 aliphatic heterocycles. The highest BCUT2D eigenvalue weighted by atomic mass is 16.5. The molecule has 0 N–H and O–H groups in total. The fourth-order valence-corrected chi connectivity index (χ4v) is 3.28. The minimum absolute atomic E-state index is 0.375. The average molecular weight is 327 g/mol. The van der Waals surface area contributed by atoms with E-state index in [-0.39, 0.29) is 0 Å². The molecule has 126 valence electrons. The van der Waals surface area contributed by atoms with Gasteiger partial charge in [0.1, 0.15) is 0 Å². The first-order valence-corrected chi connectivity index (χ1v) is 8.18. The second-order valence-electron chi connectivity index (χ2n) is 6.28. The number of hydrogen-bond donors (Lipinski definition) is 0. The molecule has 0 atom stereocenters. The van der Waals surface area contributed by atoms with Crippen LogP contribution in [0.15, 0.2) is 24.7 Å². The van der Waals surface area contributed by atoms with Gasteiger partial charge in [-0.25, -0.2) is 4.98 Å². The van der Waals surface area contributed by atoms with E-state index in [9.17, 15) is 0 Å². The average Bonchev–Trinajstić information content (AvgIpc) is 3.21. The second kappa shape index (κ2) is 6.20. The number of imidazole rings is 1. The van der Waals surface area contributed by atoms with Crippen molar-refractivity contribution in [1.29, 1.82) is 0 Å². The predicted octanol–water partition coefficient (Wildman–Crippen LogP) is 1.25. The van der Waals surface area contributed by atoms with Crippen LogP contribution in [0.3, 0.4) is 0 Å². The summed E-state index contributed by atoms with van der Waals surface area (Å²) in [6.45, 7) is 2.96. The molecule has 3 aromatic rings. The fraction of sp³-hybridized carbons (Fsp3) is 0.500. The van der Waals surface area contributed by atoms with E-state index in [2.05, 4.69) is 31.4 Å². The molecule has 0 aliphatic carbocycles. The molecule has 0 bridgehead atoms. The van der Waals surface area contributed by atoms with Crippen molar-refractivity contribution in [3.05, 3.63) is 36.2 Å². The van der Waals surface area contributed by atoms with Crippen molar-refractivity contribution in [3.63, 3.8) is 0 Å². The Kier molecular flexibility index (Phi) is 3.89. The number of likely N-dealkylation sites (tertiary alicyclic amines) is 1. The number of piperidine rings is 1. The number of aromatic nitrogens is 6. The van der Waals surface area contributed by atoms with Crippen LogP contribution in [-0.2, 0) is 13.6 Å². The van der Waals surface area contributed by atoms with Crippen LogP contribution < -0.4 is 4.74 Å². The second-order valence-corrected chi connectivity index (χ2v) is 6.28. The summed E-state index contributed by atoms with van der Waals surface area (Å²) >= 11 is 0. The van der Waals surface area contributed by atoms with Gasteiger partial charge in [-0.15, -0.1) is 15.3 Å². The first kappa shape index (κ1) is 15.1. The van der Waals surface area contributed by atoms with Crippen LogP contribution in [0, 0.1) is 0 Å². The quantitative estimate of drug-likeness (QED) is 0.718. The zero-order valence-electron chi connectivity index (χ0n) is 14.0. The summed E-state index contributed by atoms with van der Waals surface area (Å²) in [4.78, 5) is 6.85. The summed E-state index contributed by atoms with van der Waals surface area (Å²) in [6, 6.07) is 3.70. The number of methoxy groups -OCH3 is 1. The summed E-state index contributed by atoms with van der Waals surface area (Å²) in [5.41, 5.74) is 1.89. The van der Waals surface area contributed by atoms with Gasteiger partial charge in [-0.05, 0) is 32.0 Å².